The Kier molecular flexibility index (Phi) is 10.4. The zero-order valence-electron chi connectivity index (χ0n) is 14.9. The zero-order chi connectivity index (χ0) is 17.6. The highest BCUT2D eigenvalue weighted by Crippen LogP contribution is 2.28. The predicted octanol–water partition coefficient (Wildman–Crippen LogP) is 5.31. The van der Waals surface area contributed by atoms with Crippen molar-refractivity contribution in [1.82, 2.24) is 0 Å². The van der Waals surface area contributed by atoms with E-state index < -0.39 is 5.97 Å². The van der Waals surface area contributed by atoms with Gasteiger partial charge in [-0.25, -0.2) is 4.79 Å². The van der Waals surface area contributed by atoms with E-state index in [0.29, 0.717) is 18.1 Å². The molecule has 0 heterocycles. The molecule has 0 radical (unpaired) electrons. The Labute approximate surface area is 145 Å². The van der Waals surface area contributed by atoms with Crippen molar-refractivity contribution in [2.24, 2.45) is 0 Å². The van der Waals surface area contributed by atoms with Crippen LogP contribution in [0.4, 0.5) is 0 Å². The molecular formula is C20H30O4. The smallest absolute Gasteiger partial charge is 0.328 e. The van der Waals surface area contributed by atoms with Crippen molar-refractivity contribution in [2.75, 3.05) is 13.7 Å². The molecule has 0 spiro atoms. The molecule has 0 aliphatic carbocycles. The van der Waals surface area contributed by atoms with Gasteiger partial charge in [0.15, 0.2) is 11.5 Å². The van der Waals surface area contributed by atoms with Crippen LogP contribution in [0.3, 0.4) is 0 Å². The molecule has 0 amide bonds. The normalized spacial score (nSPS) is 10.9. The Morgan fingerprint density at radius 2 is 1.71 bits per heavy atom. The van der Waals surface area contributed by atoms with Crippen LogP contribution in [0.5, 0.6) is 11.5 Å². The first-order valence-electron chi connectivity index (χ1n) is 8.89. The van der Waals surface area contributed by atoms with Gasteiger partial charge in [0.05, 0.1) is 13.7 Å². The lowest BCUT2D eigenvalue weighted by Gasteiger charge is -2.11. The molecule has 0 saturated heterocycles. The average molecular weight is 334 g/mol. The second kappa shape index (κ2) is 12.5. The molecule has 1 aromatic rings. The first-order chi connectivity index (χ1) is 11.7. The maximum atomic E-state index is 10.6. The van der Waals surface area contributed by atoms with Gasteiger partial charge in [-0.15, -0.1) is 0 Å². The van der Waals surface area contributed by atoms with E-state index in [4.69, 9.17) is 14.6 Å². The number of ether oxygens (including phenoxy) is 2. The van der Waals surface area contributed by atoms with Gasteiger partial charge in [0.1, 0.15) is 0 Å². The number of methoxy groups -OCH3 is 1. The van der Waals surface area contributed by atoms with Crippen LogP contribution in [0.1, 0.15) is 63.9 Å². The van der Waals surface area contributed by atoms with Crippen molar-refractivity contribution in [3.05, 3.63) is 29.8 Å². The molecule has 0 aromatic heterocycles. The molecule has 134 valence electrons. The fraction of sp³-hybridized carbons (Fsp3) is 0.550. The largest absolute Gasteiger partial charge is 0.493 e. The second-order valence-electron chi connectivity index (χ2n) is 5.91. The molecule has 24 heavy (non-hydrogen) atoms. The molecule has 4 nitrogen and oxygen atoms in total. The van der Waals surface area contributed by atoms with E-state index in [9.17, 15) is 4.79 Å². The summed E-state index contributed by atoms with van der Waals surface area (Å²) in [5, 5.41) is 8.69. The van der Waals surface area contributed by atoms with E-state index in [1.165, 1.54) is 44.9 Å². The van der Waals surface area contributed by atoms with E-state index >= 15 is 0 Å². The fourth-order valence-corrected chi connectivity index (χ4v) is 2.50. The molecule has 0 fully saturated rings. The summed E-state index contributed by atoms with van der Waals surface area (Å²) in [5.74, 6) is 0.363. The quantitative estimate of drug-likeness (QED) is 0.392. The number of carboxylic acids is 1. The SMILES string of the molecule is CCCCCCCCCCOc1cc(C=CC(=O)O)ccc1OC. The summed E-state index contributed by atoms with van der Waals surface area (Å²) in [7, 11) is 1.60. The number of carbonyl (C=O) groups is 1. The molecule has 1 aromatic carbocycles. The van der Waals surface area contributed by atoms with Crippen molar-refractivity contribution >= 4 is 12.0 Å². The number of rotatable bonds is 13. The van der Waals surface area contributed by atoms with Crippen LogP contribution < -0.4 is 9.47 Å². The van der Waals surface area contributed by atoms with Gasteiger partial charge >= 0.3 is 5.97 Å². The lowest BCUT2D eigenvalue weighted by atomic mass is 10.1. The van der Waals surface area contributed by atoms with Gasteiger partial charge in [-0.2, -0.15) is 0 Å². The van der Waals surface area contributed by atoms with Crippen LogP contribution in [-0.2, 0) is 4.79 Å². The van der Waals surface area contributed by atoms with Gasteiger partial charge in [0.25, 0.3) is 0 Å². The lowest BCUT2D eigenvalue weighted by Crippen LogP contribution is -2.00. The Bertz CT molecular complexity index is 508. The highest BCUT2D eigenvalue weighted by molar-refractivity contribution is 5.85. The number of hydrogen-bond acceptors (Lipinski definition) is 3. The van der Waals surface area contributed by atoms with Crippen LogP contribution in [0, 0.1) is 0 Å². The first-order valence-corrected chi connectivity index (χ1v) is 8.89. The average Bonchev–Trinajstić information content (AvgIpc) is 2.58. The Morgan fingerprint density at radius 1 is 1.04 bits per heavy atom. The van der Waals surface area contributed by atoms with E-state index in [0.717, 1.165) is 18.1 Å². The van der Waals surface area contributed by atoms with Crippen LogP contribution in [0.25, 0.3) is 6.08 Å². The predicted molar refractivity (Wildman–Crippen MR) is 97.8 cm³/mol. The minimum Gasteiger partial charge on any atom is -0.493 e. The molecular weight excluding hydrogens is 304 g/mol. The minimum atomic E-state index is -0.966. The summed E-state index contributed by atoms with van der Waals surface area (Å²) in [6.45, 7) is 2.88. The summed E-state index contributed by atoms with van der Waals surface area (Å²) in [4.78, 5) is 10.6. The molecule has 4 heteroatoms. The van der Waals surface area contributed by atoms with Crippen molar-refractivity contribution in [2.45, 2.75) is 58.3 Å². The Morgan fingerprint density at radius 3 is 2.33 bits per heavy atom. The molecule has 1 rings (SSSR count). The van der Waals surface area contributed by atoms with Crippen LogP contribution in [0.2, 0.25) is 0 Å². The monoisotopic (exact) mass is 334 g/mol. The maximum absolute atomic E-state index is 10.6. The topological polar surface area (TPSA) is 55.8 Å². The van der Waals surface area contributed by atoms with E-state index in [-0.39, 0.29) is 0 Å². The summed E-state index contributed by atoms with van der Waals surface area (Å²) < 4.78 is 11.1. The van der Waals surface area contributed by atoms with Crippen LogP contribution >= 0.6 is 0 Å². The highest BCUT2D eigenvalue weighted by Gasteiger charge is 2.05. The third-order valence-corrected chi connectivity index (χ3v) is 3.86. The summed E-state index contributed by atoms with van der Waals surface area (Å²) in [6.07, 6.45) is 12.7. The van der Waals surface area contributed by atoms with Gasteiger partial charge in [-0.3, -0.25) is 0 Å². The Balaban J connectivity index is 2.35. The van der Waals surface area contributed by atoms with E-state index in [1.54, 1.807) is 25.3 Å². The number of benzene rings is 1. The summed E-state index contributed by atoms with van der Waals surface area (Å²) in [5.41, 5.74) is 0.782. The minimum absolute atomic E-state index is 0.650. The number of aliphatic carboxylic acids is 1. The van der Waals surface area contributed by atoms with E-state index in [2.05, 4.69) is 6.92 Å². The number of unbranched alkanes of at least 4 members (excludes halogenated alkanes) is 7. The molecule has 0 saturated carbocycles. The number of carboxylic acid groups (broad SMARTS) is 1. The molecule has 0 aliphatic heterocycles. The molecule has 1 N–H and O–H groups in total. The van der Waals surface area contributed by atoms with Crippen LogP contribution in [0.15, 0.2) is 24.3 Å². The molecule has 0 bridgehead atoms. The third kappa shape index (κ3) is 8.61. The standard InChI is InChI=1S/C20H30O4/c1-3-4-5-6-7-8-9-10-15-24-19-16-17(12-14-20(21)22)11-13-18(19)23-2/h11-14,16H,3-10,15H2,1-2H3,(H,21,22). The van der Waals surface area contributed by atoms with Gasteiger partial charge in [-0.1, -0.05) is 57.9 Å². The maximum Gasteiger partial charge on any atom is 0.328 e. The second-order valence-corrected chi connectivity index (χ2v) is 5.91. The third-order valence-electron chi connectivity index (χ3n) is 3.86. The molecule has 0 atom stereocenters. The van der Waals surface area contributed by atoms with Crippen molar-refractivity contribution in [1.29, 1.82) is 0 Å². The van der Waals surface area contributed by atoms with Gasteiger partial charge < -0.3 is 14.6 Å². The molecule has 0 unspecified atom stereocenters. The highest BCUT2D eigenvalue weighted by atomic mass is 16.5. The van der Waals surface area contributed by atoms with Crippen molar-refractivity contribution in [3.63, 3.8) is 0 Å². The van der Waals surface area contributed by atoms with Gasteiger partial charge in [0.2, 0.25) is 0 Å². The summed E-state index contributed by atoms with van der Waals surface area (Å²) >= 11 is 0. The first kappa shape index (κ1) is 20.1. The van der Waals surface area contributed by atoms with Gasteiger partial charge in [-0.05, 0) is 30.2 Å². The molecule has 0 aliphatic rings. The van der Waals surface area contributed by atoms with Crippen molar-refractivity contribution < 1.29 is 19.4 Å². The van der Waals surface area contributed by atoms with Crippen LogP contribution in [-0.4, -0.2) is 24.8 Å². The lowest BCUT2D eigenvalue weighted by molar-refractivity contribution is -0.131. The van der Waals surface area contributed by atoms with Gasteiger partial charge in [0, 0.05) is 6.08 Å². The zero-order valence-corrected chi connectivity index (χ0v) is 14.9. The summed E-state index contributed by atoms with van der Waals surface area (Å²) in [6, 6.07) is 5.41. The number of hydrogen-bond donors (Lipinski definition) is 1. The van der Waals surface area contributed by atoms with Crippen molar-refractivity contribution in [3.8, 4) is 11.5 Å². The Hall–Kier alpha value is -1.97. The van der Waals surface area contributed by atoms with E-state index in [1.807, 2.05) is 6.07 Å². The fourth-order valence-electron chi connectivity index (χ4n) is 2.50.